The van der Waals surface area contributed by atoms with Gasteiger partial charge in [-0.05, 0) is 32.6 Å². The summed E-state index contributed by atoms with van der Waals surface area (Å²) in [5.41, 5.74) is 0. The SMILES string of the molecule is CCOc1cc(NCC2CCCO2)nc(C2CC2)n1. The number of rotatable bonds is 6. The van der Waals surface area contributed by atoms with Crippen LogP contribution in [0.5, 0.6) is 5.88 Å². The summed E-state index contributed by atoms with van der Waals surface area (Å²) in [6, 6.07) is 1.88. The number of aromatic nitrogens is 2. The molecule has 1 aliphatic heterocycles. The normalized spacial score (nSPS) is 22.5. The van der Waals surface area contributed by atoms with Gasteiger partial charge < -0.3 is 14.8 Å². The van der Waals surface area contributed by atoms with E-state index in [0.29, 0.717) is 24.5 Å². The van der Waals surface area contributed by atoms with Crippen LogP contribution in [0.15, 0.2) is 6.07 Å². The minimum Gasteiger partial charge on any atom is -0.478 e. The summed E-state index contributed by atoms with van der Waals surface area (Å²) in [5.74, 6) is 2.98. The van der Waals surface area contributed by atoms with Crippen LogP contribution in [-0.4, -0.2) is 35.8 Å². The molecule has 5 nitrogen and oxygen atoms in total. The molecule has 0 bridgehead atoms. The maximum Gasteiger partial charge on any atom is 0.218 e. The number of hydrogen-bond donors (Lipinski definition) is 1. The molecule has 0 aromatic carbocycles. The standard InChI is InChI=1S/C14H21N3O2/c1-2-18-13-8-12(15-9-11-4-3-7-19-11)16-14(17-13)10-5-6-10/h8,10-11H,2-7,9H2,1H3,(H,15,16,17). The third-order valence-electron chi connectivity index (χ3n) is 3.49. The van der Waals surface area contributed by atoms with Crippen LogP contribution in [0, 0.1) is 0 Å². The Hall–Kier alpha value is -1.36. The molecule has 1 aromatic rings. The highest BCUT2D eigenvalue weighted by molar-refractivity contribution is 5.39. The molecule has 2 fully saturated rings. The van der Waals surface area contributed by atoms with E-state index in [4.69, 9.17) is 9.47 Å². The van der Waals surface area contributed by atoms with Gasteiger partial charge in [-0.3, -0.25) is 0 Å². The molecule has 1 aliphatic carbocycles. The Labute approximate surface area is 113 Å². The molecule has 1 aromatic heterocycles. The van der Waals surface area contributed by atoms with Crippen LogP contribution in [0.25, 0.3) is 0 Å². The van der Waals surface area contributed by atoms with Crippen LogP contribution >= 0.6 is 0 Å². The molecule has 5 heteroatoms. The number of nitrogens with zero attached hydrogens (tertiary/aromatic N) is 2. The van der Waals surface area contributed by atoms with Gasteiger partial charge in [0.25, 0.3) is 0 Å². The molecule has 0 radical (unpaired) electrons. The summed E-state index contributed by atoms with van der Waals surface area (Å²) in [6.45, 7) is 4.30. The highest BCUT2D eigenvalue weighted by atomic mass is 16.5. The molecule has 0 amide bonds. The quantitative estimate of drug-likeness (QED) is 0.853. The van der Waals surface area contributed by atoms with Gasteiger partial charge in [-0.15, -0.1) is 0 Å². The van der Waals surface area contributed by atoms with Gasteiger partial charge >= 0.3 is 0 Å². The van der Waals surface area contributed by atoms with E-state index in [0.717, 1.165) is 37.6 Å². The van der Waals surface area contributed by atoms with E-state index in [2.05, 4.69) is 15.3 Å². The molecular formula is C14H21N3O2. The van der Waals surface area contributed by atoms with Gasteiger partial charge in [-0.1, -0.05) is 0 Å². The summed E-state index contributed by atoms with van der Waals surface area (Å²) in [5, 5.41) is 3.35. The number of ether oxygens (including phenoxy) is 2. The molecule has 1 atom stereocenters. The van der Waals surface area contributed by atoms with Crippen molar-refractivity contribution in [1.29, 1.82) is 0 Å². The Morgan fingerprint density at radius 3 is 2.95 bits per heavy atom. The lowest BCUT2D eigenvalue weighted by atomic mass is 10.2. The number of hydrogen-bond acceptors (Lipinski definition) is 5. The van der Waals surface area contributed by atoms with Crippen molar-refractivity contribution in [2.24, 2.45) is 0 Å². The Morgan fingerprint density at radius 1 is 1.37 bits per heavy atom. The van der Waals surface area contributed by atoms with Crippen LogP contribution in [0.3, 0.4) is 0 Å². The largest absolute Gasteiger partial charge is 0.478 e. The summed E-state index contributed by atoms with van der Waals surface area (Å²) < 4.78 is 11.1. The second kappa shape index (κ2) is 5.74. The minimum atomic E-state index is 0.315. The van der Waals surface area contributed by atoms with Crippen molar-refractivity contribution < 1.29 is 9.47 Å². The summed E-state index contributed by atoms with van der Waals surface area (Å²) in [4.78, 5) is 9.04. The van der Waals surface area contributed by atoms with Crippen molar-refractivity contribution in [2.75, 3.05) is 25.1 Å². The van der Waals surface area contributed by atoms with Crippen LogP contribution in [0.1, 0.15) is 44.3 Å². The van der Waals surface area contributed by atoms with Crippen LogP contribution in [0.4, 0.5) is 5.82 Å². The summed E-state index contributed by atoms with van der Waals surface area (Å²) >= 11 is 0. The third-order valence-corrected chi connectivity index (χ3v) is 3.49. The third kappa shape index (κ3) is 3.35. The average Bonchev–Trinajstić information content (AvgIpc) is 3.14. The zero-order chi connectivity index (χ0) is 13.1. The van der Waals surface area contributed by atoms with Crippen LogP contribution in [-0.2, 0) is 4.74 Å². The van der Waals surface area contributed by atoms with E-state index in [1.54, 1.807) is 0 Å². The Morgan fingerprint density at radius 2 is 2.26 bits per heavy atom. The van der Waals surface area contributed by atoms with Crippen molar-refractivity contribution in [1.82, 2.24) is 9.97 Å². The first-order valence-corrected chi connectivity index (χ1v) is 7.22. The smallest absolute Gasteiger partial charge is 0.218 e. The fourth-order valence-electron chi connectivity index (χ4n) is 2.30. The lowest BCUT2D eigenvalue weighted by molar-refractivity contribution is 0.120. The molecule has 2 aliphatic rings. The molecule has 104 valence electrons. The highest BCUT2D eigenvalue weighted by Crippen LogP contribution is 2.39. The topological polar surface area (TPSA) is 56.3 Å². The first-order chi connectivity index (χ1) is 9.35. The van der Waals surface area contributed by atoms with Gasteiger partial charge in [0.1, 0.15) is 11.6 Å². The fourth-order valence-corrected chi connectivity index (χ4v) is 2.30. The number of nitrogens with one attached hydrogen (secondary N) is 1. The maximum atomic E-state index is 5.61. The van der Waals surface area contributed by atoms with E-state index < -0.39 is 0 Å². The summed E-state index contributed by atoms with van der Waals surface area (Å²) in [6.07, 6.45) is 5.00. The first-order valence-electron chi connectivity index (χ1n) is 7.22. The van der Waals surface area contributed by atoms with Gasteiger partial charge in [0.05, 0.1) is 12.7 Å². The molecule has 0 spiro atoms. The van der Waals surface area contributed by atoms with Crippen LogP contribution in [0.2, 0.25) is 0 Å². The van der Waals surface area contributed by atoms with Crippen molar-refractivity contribution in [2.45, 2.75) is 44.6 Å². The van der Waals surface area contributed by atoms with Crippen molar-refractivity contribution >= 4 is 5.82 Å². The van der Waals surface area contributed by atoms with Crippen molar-refractivity contribution in [3.05, 3.63) is 11.9 Å². The van der Waals surface area contributed by atoms with Crippen LogP contribution < -0.4 is 10.1 Å². The molecule has 1 N–H and O–H groups in total. The van der Waals surface area contributed by atoms with Crippen molar-refractivity contribution in [3.63, 3.8) is 0 Å². The zero-order valence-electron chi connectivity index (χ0n) is 11.4. The van der Waals surface area contributed by atoms with E-state index >= 15 is 0 Å². The monoisotopic (exact) mass is 263 g/mol. The van der Waals surface area contributed by atoms with Gasteiger partial charge in [-0.25, -0.2) is 4.98 Å². The molecule has 2 heterocycles. The predicted molar refractivity (Wildman–Crippen MR) is 72.6 cm³/mol. The Bertz CT molecular complexity index is 429. The van der Waals surface area contributed by atoms with E-state index in [9.17, 15) is 0 Å². The molecule has 1 saturated heterocycles. The van der Waals surface area contributed by atoms with Crippen molar-refractivity contribution in [3.8, 4) is 5.88 Å². The van der Waals surface area contributed by atoms with Gasteiger partial charge in [0.2, 0.25) is 5.88 Å². The summed E-state index contributed by atoms with van der Waals surface area (Å²) in [7, 11) is 0. The molecule has 3 rings (SSSR count). The lowest BCUT2D eigenvalue weighted by Crippen LogP contribution is -2.19. The molecule has 1 unspecified atom stereocenters. The second-order valence-electron chi connectivity index (χ2n) is 5.17. The first kappa shape index (κ1) is 12.7. The lowest BCUT2D eigenvalue weighted by Gasteiger charge is -2.13. The average molecular weight is 263 g/mol. The fraction of sp³-hybridized carbons (Fsp3) is 0.714. The minimum absolute atomic E-state index is 0.315. The highest BCUT2D eigenvalue weighted by Gasteiger charge is 2.27. The predicted octanol–water partition coefficient (Wildman–Crippen LogP) is 2.34. The Balaban J connectivity index is 1.67. The molecule has 19 heavy (non-hydrogen) atoms. The zero-order valence-corrected chi connectivity index (χ0v) is 11.4. The van der Waals surface area contributed by atoms with E-state index in [1.165, 1.54) is 12.8 Å². The maximum absolute atomic E-state index is 5.61. The van der Waals surface area contributed by atoms with Gasteiger partial charge in [0.15, 0.2) is 0 Å². The second-order valence-corrected chi connectivity index (χ2v) is 5.17. The number of anilines is 1. The van der Waals surface area contributed by atoms with E-state index in [1.807, 2.05) is 13.0 Å². The Kier molecular flexibility index (Phi) is 3.82. The van der Waals surface area contributed by atoms with Gasteiger partial charge in [0, 0.05) is 25.1 Å². The van der Waals surface area contributed by atoms with Gasteiger partial charge in [-0.2, -0.15) is 4.98 Å². The molecular weight excluding hydrogens is 242 g/mol. The molecule has 1 saturated carbocycles. The van der Waals surface area contributed by atoms with E-state index in [-0.39, 0.29) is 0 Å².